The van der Waals surface area contributed by atoms with Gasteiger partial charge >= 0.3 is 10.2 Å². The van der Waals surface area contributed by atoms with Crippen LogP contribution in [0.15, 0.2) is 41.3 Å². The van der Waals surface area contributed by atoms with Crippen LogP contribution in [0.4, 0.5) is 24.2 Å². The van der Waals surface area contributed by atoms with Crippen molar-refractivity contribution in [3.05, 3.63) is 52.5 Å². The number of rotatable bonds is 4. The molecular weight excluding hydrogens is 497 g/mol. The van der Waals surface area contributed by atoms with Crippen molar-refractivity contribution in [2.45, 2.75) is 34.8 Å². The molecule has 6 rings (SSSR count). The molecule has 4 nitrogen and oxygen atoms in total. The normalized spacial score (nSPS) is 28.8. The van der Waals surface area contributed by atoms with Crippen molar-refractivity contribution in [1.29, 1.82) is 0 Å². The van der Waals surface area contributed by atoms with E-state index in [0.29, 0.717) is 5.92 Å². The number of hydrogen-bond acceptors (Lipinski definition) is 4. The molecule has 2 aromatic rings. The summed E-state index contributed by atoms with van der Waals surface area (Å²) in [6.45, 7) is 0. The molecule has 3 aliphatic carbocycles. The van der Waals surface area contributed by atoms with Gasteiger partial charge in [0.1, 0.15) is 21.6 Å². The van der Waals surface area contributed by atoms with Crippen molar-refractivity contribution < 1.29 is 33.8 Å². The van der Waals surface area contributed by atoms with Gasteiger partial charge < -0.3 is 4.74 Å². The number of ether oxygens (including phenoxy) is 1. The van der Waals surface area contributed by atoms with Gasteiger partial charge in [-0.1, -0.05) is 48.9 Å². The Labute approximate surface area is 188 Å². The maximum absolute atomic E-state index is 13.0. The highest BCUT2D eigenvalue weighted by Crippen LogP contribution is 3.02. The van der Waals surface area contributed by atoms with Gasteiger partial charge in [-0.2, -0.15) is 0 Å². The fourth-order valence-corrected chi connectivity index (χ4v) is 6.71. The Morgan fingerprint density at radius 3 is 2.31 bits per heavy atom. The number of thioether (sulfide) groups is 1. The number of imide groups is 1. The van der Waals surface area contributed by atoms with Crippen molar-refractivity contribution in [1.82, 2.24) is 5.32 Å². The lowest BCUT2D eigenvalue weighted by Crippen LogP contribution is -2.41. The van der Waals surface area contributed by atoms with Crippen molar-refractivity contribution in [3.63, 3.8) is 0 Å². The molecule has 172 valence electrons. The number of hydrogen-bond donors (Lipinski definition) is 1. The Bertz CT molecular complexity index is 1180. The highest BCUT2D eigenvalue weighted by molar-refractivity contribution is 8.45. The van der Waals surface area contributed by atoms with Crippen LogP contribution in [-0.4, -0.2) is 16.4 Å². The van der Waals surface area contributed by atoms with Gasteiger partial charge in [-0.3, -0.25) is 14.9 Å². The van der Waals surface area contributed by atoms with Crippen molar-refractivity contribution in [3.8, 4) is 11.5 Å². The maximum Gasteiger partial charge on any atom is 0.310 e. The van der Waals surface area contributed by atoms with E-state index in [-0.39, 0.29) is 46.6 Å². The Balaban J connectivity index is 1.44. The van der Waals surface area contributed by atoms with E-state index in [1.54, 1.807) is 18.2 Å². The van der Waals surface area contributed by atoms with Crippen LogP contribution in [0.5, 0.6) is 11.5 Å². The first kappa shape index (κ1) is 21.8. The standard InChI is InChI=1S/C20H15ClF5NO3S2/c21-15-8-12(32(22,23,24,25)26)2-4-16(15)30-11-1-3-13-14(7-11)9-5-10(6-9)17(13)18-19(28)27-20(29)31-18/h1-4,7-10,17-18H,5-6H2,(H,27,28,29). The first-order chi connectivity index (χ1) is 14.7. The molecule has 1 N–H and O–H groups in total. The smallest absolute Gasteiger partial charge is 0.310 e. The number of nitrogens with one attached hydrogen (secondary N) is 1. The number of carbonyl (C=O) groups excluding carboxylic acids is 2. The predicted molar refractivity (Wildman–Crippen MR) is 112 cm³/mol. The summed E-state index contributed by atoms with van der Waals surface area (Å²) in [5.41, 5.74) is 1.89. The molecule has 2 unspecified atom stereocenters. The third kappa shape index (κ3) is 3.73. The maximum atomic E-state index is 13.0. The lowest BCUT2D eigenvalue weighted by molar-refractivity contribution is -0.119. The predicted octanol–water partition coefficient (Wildman–Crippen LogP) is 7.73. The van der Waals surface area contributed by atoms with E-state index < -0.39 is 25.4 Å². The van der Waals surface area contributed by atoms with E-state index in [4.69, 9.17) is 16.3 Å². The fourth-order valence-electron chi connectivity index (χ4n) is 4.68. The van der Waals surface area contributed by atoms with Gasteiger partial charge in [-0.25, -0.2) is 0 Å². The second kappa shape index (κ2) is 6.32. The molecule has 0 spiro atoms. The zero-order valence-electron chi connectivity index (χ0n) is 16.0. The SMILES string of the molecule is O=C1NC(=O)C(C2c3ccc(Oc4ccc(S(F)(F)(F)(F)F)cc4Cl)cc3C3CC2C3)S1. The minimum atomic E-state index is -9.85. The molecule has 1 heterocycles. The number of benzene rings is 2. The average molecular weight is 512 g/mol. The highest BCUT2D eigenvalue weighted by atomic mass is 35.5. The van der Waals surface area contributed by atoms with Crippen LogP contribution >= 0.6 is 33.6 Å². The quantitative estimate of drug-likeness (QED) is 0.427. The molecule has 4 aliphatic rings. The average Bonchev–Trinajstić information content (AvgIpc) is 2.97. The number of amides is 2. The Morgan fingerprint density at radius 2 is 1.72 bits per heavy atom. The molecule has 1 saturated heterocycles. The van der Waals surface area contributed by atoms with E-state index in [0.717, 1.165) is 41.8 Å². The molecule has 2 fully saturated rings. The van der Waals surface area contributed by atoms with Gasteiger partial charge in [0.2, 0.25) is 5.91 Å². The van der Waals surface area contributed by atoms with Gasteiger partial charge in [-0.05, 0) is 66.1 Å². The second-order valence-corrected chi connectivity index (χ2v) is 12.2. The zero-order chi connectivity index (χ0) is 23.1. The number of halogens is 6. The van der Waals surface area contributed by atoms with E-state index in [2.05, 4.69) is 5.32 Å². The van der Waals surface area contributed by atoms with Gasteiger partial charge in [0.25, 0.3) is 5.24 Å². The van der Waals surface area contributed by atoms with E-state index in [9.17, 15) is 29.0 Å². The second-order valence-electron chi connectivity index (χ2n) is 8.22. The van der Waals surface area contributed by atoms with Crippen LogP contribution in [0.3, 0.4) is 0 Å². The lowest BCUT2D eigenvalue weighted by Gasteiger charge is -2.49. The van der Waals surface area contributed by atoms with Crippen LogP contribution in [0.1, 0.15) is 35.8 Å². The molecule has 2 aromatic carbocycles. The Hall–Kier alpha value is -1.98. The van der Waals surface area contributed by atoms with Crippen LogP contribution in [0.25, 0.3) is 0 Å². The van der Waals surface area contributed by atoms with Gasteiger partial charge in [-0.15, -0.1) is 0 Å². The molecule has 2 atom stereocenters. The van der Waals surface area contributed by atoms with Crippen LogP contribution in [-0.2, 0) is 4.79 Å². The first-order valence-electron chi connectivity index (χ1n) is 9.56. The van der Waals surface area contributed by atoms with Gasteiger partial charge in [0.05, 0.1) is 5.02 Å². The molecule has 12 heteroatoms. The van der Waals surface area contributed by atoms with Gasteiger partial charge in [0, 0.05) is 5.92 Å². The molecule has 2 bridgehead atoms. The summed E-state index contributed by atoms with van der Waals surface area (Å²) in [5.74, 6) is 0.216. The largest absolute Gasteiger partial charge is 0.456 e. The molecule has 2 amide bonds. The monoisotopic (exact) mass is 511 g/mol. The van der Waals surface area contributed by atoms with Crippen molar-refractivity contribution in [2.75, 3.05) is 0 Å². The first-order valence-corrected chi connectivity index (χ1v) is 12.8. The lowest BCUT2D eigenvalue weighted by atomic mass is 9.56. The summed E-state index contributed by atoms with van der Waals surface area (Å²) in [5, 5.41) is 0.854. The minimum absolute atomic E-state index is 0.124. The summed E-state index contributed by atoms with van der Waals surface area (Å²) in [6.07, 6.45) is 1.72. The fraction of sp³-hybridized carbons (Fsp3) is 0.300. The van der Waals surface area contributed by atoms with Crippen LogP contribution in [0, 0.1) is 5.92 Å². The molecule has 1 aliphatic heterocycles. The summed E-state index contributed by atoms with van der Waals surface area (Å²) >= 11 is 6.79. The third-order valence-corrected chi connectivity index (χ3v) is 8.68. The molecule has 0 radical (unpaired) electrons. The Kier molecular flexibility index (Phi) is 4.32. The van der Waals surface area contributed by atoms with Crippen LogP contribution < -0.4 is 10.1 Å². The summed E-state index contributed by atoms with van der Waals surface area (Å²) in [4.78, 5) is 21.8. The highest BCUT2D eigenvalue weighted by Gasteiger charge is 2.65. The molecular formula is C20H15ClF5NO3S2. The van der Waals surface area contributed by atoms with E-state index >= 15 is 0 Å². The molecule has 1 saturated carbocycles. The molecule has 32 heavy (non-hydrogen) atoms. The summed E-state index contributed by atoms with van der Waals surface area (Å²) in [6, 6.07) is 6.28. The van der Waals surface area contributed by atoms with Crippen molar-refractivity contribution >= 4 is 44.7 Å². The zero-order valence-corrected chi connectivity index (χ0v) is 18.4. The van der Waals surface area contributed by atoms with Gasteiger partial charge in [0.15, 0.2) is 0 Å². The van der Waals surface area contributed by atoms with Crippen molar-refractivity contribution in [2.24, 2.45) is 5.92 Å². The summed E-state index contributed by atoms with van der Waals surface area (Å²) in [7, 11) is -9.85. The Morgan fingerprint density at radius 1 is 1.00 bits per heavy atom. The summed E-state index contributed by atoms with van der Waals surface area (Å²) < 4.78 is 70.5. The van der Waals surface area contributed by atoms with E-state index in [1.165, 1.54) is 0 Å². The van der Waals surface area contributed by atoms with E-state index in [1.807, 2.05) is 0 Å². The molecule has 0 aromatic heterocycles. The third-order valence-electron chi connectivity index (χ3n) is 6.16. The number of carbonyl (C=O) groups is 2. The minimum Gasteiger partial charge on any atom is -0.456 e. The topological polar surface area (TPSA) is 55.4 Å². The van der Waals surface area contributed by atoms with Crippen LogP contribution in [0.2, 0.25) is 5.02 Å².